The molecule has 1 aromatic heterocycles. The Morgan fingerprint density at radius 2 is 2.09 bits per heavy atom. The number of aromatic nitrogens is 1. The number of hydrogen-bond acceptors (Lipinski definition) is 5. The molecule has 1 saturated heterocycles. The van der Waals surface area contributed by atoms with Crippen molar-refractivity contribution in [2.45, 2.75) is 18.9 Å². The third kappa shape index (κ3) is 3.72. The van der Waals surface area contributed by atoms with Crippen molar-refractivity contribution < 1.29 is 4.74 Å². The zero-order chi connectivity index (χ0) is 16.1. The summed E-state index contributed by atoms with van der Waals surface area (Å²) < 4.78 is 5.26. The normalized spacial score (nSPS) is 15.0. The van der Waals surface area contributed by atoms with Crippen LogP contribution in [0.5, 0.6) is 5.75 Å². The zero-order valence-corrected chi connectivity index (χ0v) is 13.2. The van der Waals surface area contributed by atoms with Gasteiger partial charge < -0.3 is 15.0 Å². The van der Waals surface area contributed by atoms with E-state index in [0.717, 1.165) is 43.2 Å². The Morgan fingerprint density at radius 1 is 1.26 bits per heavy atom. The molecule has 1 aliphatic heterocycles. The fourth-order valence-corrected chi connectivity index (χ4v) is 2.84. The number of piperidine rings is 1. The molecule has 5 nitrogen and oxygen atoms in total. The van der Waals surface area contributed by atoms with E-state index in [0.29, 0.717) is 11.6 Å². The summed E-state index contributed by atoms with van der Waals surface area (Å²) in [6, 6.07) is 14.3. The first-order chi connectivity index (χ1) is 11.3. The van der Waals surface area contributed by atoms with Gasteiger partial charge in [0.05, 0.1) is 12.7 Å². The maximum Gasteiger partial charge on any atom is 0.128 e. The van der Waals surface area contributed by atoms with Crippen LogP contribution in [0.4, 0.5) is 11.5 Å². The highest BCUT2D eigenvalue weighted by atomic mass is 16.5. The molecule has 5 heteroatoms. The first-order valence-corrected chi connectivity index (χ1v) is 7.80. The molecule has 0 aliphatic carbocycles. The van der Waals surface area contributed by atoms with Gasteiger partial charge in [-0.2, -0.15) is 5.26 Å². The lowest BCUT2D eigenvalue weighted by Gasteiger charge is -2.33. The Labute approximate surface area is 136 Å². The van der Waals surface area contributed by atoms with E-state index in [1.807, 2.05) is 30.3 Å². The van der Waals surface area contributed by atoms with Crippen LogP contribution in [0.15, 0.2) is 42.6 Å². The van der Waals surface area contributed by atoms with Gasteiger partial charge in [-0.3, -0.25) is 0 Å². The van der Waals surface area contributed by atoms with E-state index in [-0.39, 0.29) is 0 Å². The van der Waals surface area contributed by atoms with Crippen molar-refractivity contribution in [3.63, 3.8) is 0 Å². The summed E-state index contributed by atoms with van der Waals surface area (Å²) in [6.07, 6.45) is 3.74. The van der Waals surface area contributed by atoms with Gasteiger partial charge in [-0.15, -0.1) is 0 Å². The van der Waals surface area contributed by atoms with E-state index >= 15 is 0 Å². The second-order valence-electron chi connectivity index (χ2n) is 5.65. The molecule has 0 atom stereocenters. The number of benzene rings is 1. The Balaban J connectivity index is 1.56. The maximum absolute atomic E-state index is 8.83. The number of hydrogen-bond donors (Lipinski definition) is 1. The smallest absolute Gasteiger partial charge is 0.128 e. The Morgan fingerprint density at radius 3 is 2.74 bits per heavy atom. The molecule has 0 amide bonds. The quantitative estimate of drug-likeness (QED) is 0.940. The number of anilines is 2. The minimum atomic E-state index is 0.455. The number of nitriles is 1. The molecule has 1 aliphatic rings. The fraction of sp³-hybridized carbons (Fsp3) is 0.333. The number of pyridine rings is 1. The lowest BCUT2D eigenvalue weighted by molar-refractivity contribution is 0.415. The van der Waals surface area contributed by atoms with E-state index in [4.69, 9.17) is 10.00 Å². The summed E-state index contributed by atoms with van der Waals surface area (Å²) in [5.74, 6) is 1.82. The van der Waals surface area contributed by atoms with Gasteiger partial charge in [0.2, 0.25) is 0 Å². The first-order valence-electron chi connectivity index (χ1n) is 7.80. The summed E-state index contributed by atoms with van der Waals surface area (Å²) in [6.45, 7) is 1.92. The van der Waals surface area contributed by atoms with Crippen molar-refractivity contribution in [1.82, 2.24) is 4.98 Å². The molecule has 0 unspecified atom stereocenters. The summed E-state index contributed by atoms with van der Waals surface area (Å²) in [7, 11) is 1.68. The van der Waals surface area contributed by atoms with Crippen molar-refractivity contribution in [1.29, 1.82) is 5.26 Å². The first kappa shape index (κ1) is 15.2. The Bertz CT molecular complexity index is 685. The van der Waals surface area contributed by atoms with Crippen LogP contribution in [0.2, 0.25) is 0 Å². The molecular formula is C18H20N4O. The predicted octanol–water partition coefficient (Wildman–Crippen LogP) is 3.04. The van der Waals surface area contributed by atoms with Crippen LogP contribution in [0.25, 0.3) is 0 Å². The molecular weight excluding hydrogens is 288 g/mol. The molecule has 2 aromatic rings. The highest BCUT2D eigenvalue weighted by Gasteiger charge is 2.20. The molecule has 1 aromatic carbocycles. The second kappa shape index (κ2) is 7.01. The number of nitrogens with zero attached hydrogens (tertiary/aromatic N) is 3. The SMILES string of the molecule is COc1cccc(NC2CCN(c3ccc(C#N)cn3)CC2)c1. The molecule has 23 heavy (non-hydrogen) atoms. The molecule has 118 valence electrons. The van der Waals surface area contributed by atoms with Gasteiger partial charge in [-0.1, -0.05) is 6.07 Å². The van der Waals surface area contributed by atoms with Gasteiger partial charge in [0.1, 0.15) is 17.6 Å². The summed E-state index contributed by atoms with van der Waals surface area (Å²) >= 11 is 0. The summed E-state index contributed by atoms with van der Waals surface area (Å²) in [5, 5.41) is 12.4. The van der Waals surface area contributed by atoms with Crippen LogP contribution in [-0.4, -0.2) is 31.2 Å². The number of methoxy groups -OCH3 is 1. The van der Waals surface area contributed by atoms with Gasteiger partial charge >= 0.3 is 0 Å². The van der Waals surface area contributed by atoms with Crippen molar-refractivity contribution in [3.05, 3.63) is 48.2 Å². The van der Waals surface area contributed by atoms with Crippen molar-refractivity contribution >= 4 is 11.5 Å². The molecule has 0 saturated carbocycles. The van der Waals surface area contributed by atoms with Gasteiger partial charge in [0, 0.05) is 37.1 Å². The average Bonchev–Trinajstić information content (AvgIpc) is 2.63. The monoisotopic (exact) mass is 308 g/mol. The van der Waals surface area contributed by atoms with E-state index in [9.17, 15) is 0 Å². The zero-order valence-electron chi connectivity index (χ0n) is 13.2. The number of rotatable bonds is 4. The van der Waals surface area contributed by atoms with Gasteiger partial charge in [-0.25, -0.2) is 4.98 Å². The molecule has 0 radical (unpaired) electrons. The summed E-state index contributed by atoms with van der Waals surface area (Å²) in [4.78, 5) is 6.64. The minimum absolute atomic E-state index is 0.455. The van der Waals surface area contributed by atoms with Crippen LogP contribution in [0, 0.1) is 11.3 Å². The topological polar surface area (TPSA) is 61.2 Å². The van der Waals surface area contributed by atoms with Crippen molar-refractivity contribution in [2.75, 3.05) is 30.4 Å². The fourth-order valence-electron chi connectivity index (χ4n) is 2.84. The highest BCUT2D eigenvalue weighted by Crippen LogP contribution is 2.23. The maximum atomic E-state index is 8.83. The van der Waals surface area contributed by atoms with Crippen LogP contribution in [0.1, 0.15) is 18.4 Å². The van der Waals surface area contributed by atoms with Crippen LogP contribution in [0.3, 0.4) is 0 Å². The predicted molar refractivity (Wildman–Crippen MR) is 90.8 cm³/mol. The van der Waals surface area contributed by atoms with Crippen LogP contribution >= 0.6 is 0 Å². The van der Waals surface area contributed by atoms with Gasteiger partial charge in [0.25, 0.3) is 0 Å². The molecule has 1 N–H and O–H groups in total. The molecule has 3 rings (SSSR count). The number of ether oxygens (including phenoxy) is 1. The lowest BCUT2D eigenvalue weighted by Crippen LogP contribution is -2.39. The lowest BCUT2D eigenvalue weighted by atomic mass is 10.0. The van der Waals surface area contributed by atoms with Crippen molar-refractivity contribution in [2.24, 2.45) is 0 Å². The molecule has 1 fully saturated rings. The van der Waals surface area contributed by atoms with Gasteiger partial charge in [-0.05, 0) is 37.1 Å². The Hall–Kier alpha value is -2.74. The number of nitrogens with one attached hydrogen (secondary N) is 1. The Kier molecular flexibility index (Phi) is 4.62. The van der Waals surface area contributed by atoms with E-state index in [1.54, 1.807) is 13.3 Å². The third-order valence-electron chi connectivity index (χ3n) is 4.14. The summed E-state index contributed by atoms with van der Waals surface area (Å²) in [5.41, 5.74) is 1.70. The standard InChI is InChI=1S/C18H20N4O/c1-23-17-4-2-3-16(11-17)21-15-7-9-22(10-8-15)18-6-5-14(12-19)13-20-18/h2-6,11,13,15,21H,7-10H2,1H3. The van der Waals surface area contributed by atoms with Crippen LogP contribution < -0.4 is 15.0 Å². The highest BCUT2D eigenvalue weighted by molar-refractivity contribution is 5.49. The molecule has 0 spiro atoms. The minimum Gasteiger partial charge on any atom is -0.497 e. The second-order valence-corrected chi connectivity index (χ2v) is 5.65. The molecule has 0 bridgehead atoms. The van der Waals surface area contributed by atoms with E-state index < -0.39 is 0 Å². The molecule has 2 heterocycles. The van der Waals surface area contributed by atoms with Gasteiger partial charge in [0.15, 0.2) is 0 Å². The van der Waals surface area contributed by atoms with E-state index in [1.165, 1.54) is 0 Å². The largest absolute Gasteiger partial charge is 0.497 e. The average molecular weight is 308 g/mol. The third-order valence-corrected chi connectivity index (χ3v) is 4.14. The van der Waals surface area contributed by atoms with E-state index in [2.05, 4.69) is 27.3 Å². The van der Waals surface area contributed by atoms with Crippen molar-refractivity contribution in [3.8, 4) is 11.8 Å². The van der Waals surface area contributed by atoms with Crippen LogP contribution in [-0.2, 0) is 0 Å².